The van der Waals surface area contributed by atoms with E-state index in [2.05, 4.69) is 107 Å². The van der Waals surface area contributed by atoms with Crippen LogP contribution >= 0.6 is 23.2 Å². The zero-order chi connectivity index (χ0) is 38.5. The molecule has 0 amide bonds. The summed E-state index contributed by atoms with van der Waals surface area (Å²) >= 11 is 9.46. The first-order chi connectivity index (χ1) is 24.5. The Labute approximate surface area is 314 Å². The molecule has 7 nitrogen and oxygen atoms in total. The molecule has 0 aromatic heterocycles. The number of carbonyl (C=O) groups is 5. The van der Waals surface area contributed by atoms with Gasteiger partial charge in [0.1, 0.15) is 0 Å². The van der Waals surface area contributed by atoms with E-state index >= 15 is 0 Å². The number of esters is 3. The molecule has 0 spiro atoms. The van der Waals surface area contributed by atoms with Gasteiger partial charge >= 0.3 is 17.9 Å². The summed E-state index contributed by atoms with van der Waals surface area (Å²) in [4.78, 5) is 53.0. The number of unbranched alkanes of at least 4 members (excludes halogenated alkanes) is 9. The first-order valence-corrected chi connectivity index (χ1v) is 17.1. The van der Waals surface area contributed by atoms with E-state index in [0.29, 0.717) is 13.0 Å². The summed E-state index contributed by atoms with van der Waals surface area (Å²) in [7, 11) is 0. The van der Waals surface area contributed by atoms with Gasteiger partial charge in [-0.15, -0.1) is 6.42 Å². The molecule has 1 aliphatic heterocycles. The molecule has 0 saturated carbocycles. The van der Waals surface area contributed by atoms with E-state index in [9.17, 15) is 24.0 Å². The summed E-state index contributed by atoms with van der Waals surface area (Å²) in [6, 6.07) is 0. The highest BCUT2D eigenvalue weighted by molar-refractivity contribution is 6.72. The van der Waals surface area contributed by atoms with Gasteiger partial charge in [-0.1, -0.05) is 91.1 Å². The molecule has 1 saturated heterocycles. The number of carbonyl (C=O) groups excluding carboxylic acids is 5. The minimum absolute atomic E-state index is 0.0975. The first-order valence-electron chi connectivity index (χ1n) is 16.4. The molecule has 0 aromatic rings. The molecular weight excluding hydrogens is 687 g/mol. The van der Waals surface area contributed by atoms with Gasteiger partial charge in [0.25, 0.3) is 0 Å². The third-order valence-corrected chi connectivity index (χ3v) is 6.68. The molecule has 0 radical (unpaired) electrons. The summed E-state index contributed by atoms with van der Waals surface area (Å²) in [5, 5.41) is -1.44. The lowest BCUT2D eigenvalue weighted by Gasteiger charge is -2.10. The molecule has 1 aliphatic rings. The molecule has 0 bridgehead atoms. The topological polar surface area (TPSA) is 104 Å². The molecule has 1 heterocycles. The van der Waals surface area contributed by atoms with Gasteiger partial charge in [0.15, 0.2) is 0 Å². The second kappa shape index (κ2) is 34.6. The van der Waals surface area contributed by atoms with E-state index in [1.165, 1.54) is 63.9 Å². The second-order valence-electron chi connectivity index (χ2n) is 10.6. The Kier molecular flexibility index (Phi) is 32.5. The second-order valence-corrected chi connectivity index (χ2v) is 11.5. The minimum atomic E-state index is -0.722. The van der Waals surface area contributed by atoms with Crippen LogP contribution in [0.25, 0.3) is 0 Å². The van der Waals surface area contributed by atoms with Gasteiger partial charge < -0.3 is 9.47 Å². The van der Waals surface area contributed by atoms with Crippen LogP contribution in [-0.4, -0.2) is 35.0 Å². The summed E-state index contributed by atoms with van der Waals surface area (Å²) < 4.78 is 9.51. The Balaban J connectivity index is 0. The maximum absolute atomic E-state index is 11.6. The van der Waals surface area contributed by atoms with Crippen LogP contribution in [0, 0.1) is 113 Å². The smallest absolute Gasteiger partial charge is 0.330 e. The highest BCUT2D eigenvalue weighted by atomic mass is 35.5. The predicted molar refractivity (Wildman–Crippen MR) is 200 cm³/mol. The fourth-order valence-electron chi connectivity index (χ4n) is 3.85. The Morgan fingerprint density at radius 3 is 1.57 bits per heavy atom. The molecule has 1 rings (SSSR count). The lowest BCUT2D eigenvalue weighted by Crippen LogP contribution is -2.17. The number of halogens is 2. The number of hydrogen-bond acceptors (Lipinski definition) is 7. The SMILES string of the molecule is C#CC#CC#CC#CC#CC#CC#CC#CC(C)CC1C(=O)OC(=O)C1C.C=CC(=O)OCCCCCCCCCCCC.O=C(Cl)CC(=O)Cl. The number of cyclic esters (lactones) is 2. The van der Waals surface area contributed by atoms with Gasteiger partial charge in [0.2, 0.25) is 10.5 Å². The maximum Gasteiger partial charge on any atom is 0.330 e. The average Bonchev–Trinajstić information content (AvgIpc) is 3.32. The standard InChI is InChI=1S/C24H12O3.C15H28O2.C3H2Cl2O2/c1-4-5-6-7-8-9-10-11-12-13-14-15-16-17-18-20(2)19-22-21(3)23(25)27-24(22)26;1-3-5-6-7-8-9-10-11-12-13-14-17-15(16)4-2;4-2(6)1-3(5)7/h1,20-22H,19H2,2-3H3;4H,2-3,5-14H2,1H3;1H2. The van der Waals surface area contributed by atoms with Crippen molar-refractivity contribution in [2.24, 2.45) is 17.8 Å². The molecule has 0 N–H and O–H groups in total. The predicted octanol–water partition coefficient (Wildman–Crippen LogP) is 6.55. The van der Waals surface area contributed by atoms with Crippen LogP contribution in [0.15, 0.2) is 12.7 Å². The van der Waals surface area contributed by atoms with Crippen molar-refractivity contribution >= 4 is 51.6 Å². The lowest BCUT2D eigenvalue weighted by molar-refractivity contribution is -0.154. The summed E-state index contributed by atoms with van der Waals surface area (Å²) in [6.07, 6.45) is 19.2. The quantitative estimate of drug-likeness (QED) is 0.0444. The minimum Gasteiger partial charge on any atom is -0.463 e. The van der Waals surface area contributed by atoms with Crippen LogP contribution in [0.2, 0.25) is 0 Å². The van der Waals surface area contributed by atoms with Crippen LogP contribution in [0.1, 0.15) is 97.8 Å². The molecule has 266 valence electrons. The first kappa shape index (κ1) is 47.9. The Morgan fingerprint density at radius 1 is 0.765 bits per heavy atom. The largest absolute Gasteiger partial charge is 0.463 e. The molecule has 0 aromatic carbocycles. The van der Waals surface area contributed by atoms with Gasteiger partial charge in [-0.25, -0.2) is 4.79 Å². The highest BCUT2D eigenvalue weighted by Crippen LogP contribution is 2.28. The molecule has 3 atom stereocenters. The van der Waals surface area contributed by atoms with Crippen LogP contribution < -0.4 is 0 Å². The Bertz CT molecular complexity index is 1660. The molecule has 1 fully saturated rings. The van der Waals surface area contributed by atoms with Crippen LogP contribution in [0.4, 0.5) is 0 Å². The number of terminal acetylenes is 1. The third-order valence-electron chi connectivity index (χ3n) is 6.41. The van der Waals surface area contributed by atoms with E-state index in [1.807, 2.05) is 6.92 Å². The Hall–Kier alpha value is -5.25. The van der Waals surface area contributed by atoms with Crippen molar-refractivity contribution in [3.63, 3.8) is 0 Å². The van der Waals surface area contributed by atoms with Gasteiger partial charge in [-0.05, 0) is 119 Å². The van der Waals surface area contributed by atoms with Gasteiger partial charge in [0, 0.05) is 12.0 Å². The van der Waals surface area contributed by atoms with Crippen molar-refractivity contribution in [3.05, 3.63) is 12.7 Å². The van der Waals surface area contributed by atoms with Crippen molar-refractivity contribution in [2.45, 2.75) is 97.8 Å². The average molecular weight is 730 g/mol. The fraction of sp³-hybridized carbons (Fsp3) is 0.452. The van der Waals surface area contributed by atoms with Crippen molar-refractivity contribution in [1.82, 2.24) is 0 Å². The summed E-state index contributed by atoms with van der Waals surface area (Å²) in [5.74, 6) is 35.2. The van der Waals surface area contributed by atoms with Crippen molar-refractivity contribution in [3.8, 4) is 95.2 Å². The third kappa shape index (κ3) is 33.0. The molecule has 51 heavy (non-hydrogen) atoms. The zero-order valence-corrected chi connectivity index (χ0v) is 30.9. The summed E-state index contributed by atoms with van der Waals surface area (Å²) in [5.41, 5.74) is 0. The summed E-state index contributed by atoms with van der Waals surface area (Å²) in [6.45, 7) is 9.68. The number of rotatable bonds is 16. The van der Waals surface area contributed by atoms with Gasteiger partial charge in [-0.2, -0.15) is 0 Å². The highest BCUT2D eigenvalue weighted by Gasteiger charge is 2.41. The van der Waals surface area contributed by atoms with E-state index in [0.717, 1.165) is 6.42 Å². The fourth-order valence-corrected chi connectivity index (χ4v) is 4.16. The van der Waals surface area contributed by atoms with Crippen LogP contribution in [0.5, 0.6) is 0 Å². The van der Waals surface area contributed by atoms with Gasteiger partial charge in [-0.3, -0.25) is 19.2 Å². The molecule has 3 unspecified atom stereocenters. The van der Waals surface area contributed by atoms with Crippen molar-refractivity contribution in [2.75, 3.05) is 6.61 Å². The Morgan fingerprint density at radius 2 is 1.20 bits per heavy atom. The van der Waals surface area contributed by atoms with Crippen molar-refractivity contribution in [1.29, 1.82) is 0 Å². The molecule has 9 heteroatoms. The van der Waals surface area contributed by atoms with Crippen molar-refractivity contribution < 1.29 is 33.4 Å². The normalized spacial score (nSPS) is 13.2. The van der Waals surface area contributed by atoms with E-state index in [1.54, 1.807) is 6.92 Å². The molecule has 0 aliphatic carbocycles. The van der Waals surface area contributed by atoms with Crippen LogP contribution in [0.3, 0.4) is 0 Å². The lowest BCUT2D eigenvalue weighted by atomic mass is 9.88. The zero-order valence-electron chi connectivity index (χ0n) is 29.4. The van der Waals surface area contributed by atoms with E-state index in [4.69, 9.17) is 34.4 Å². The van der Waals surface area contributed by atoms with Crippen LogP contribution in [-0.2, 0) is 33.4 Å². The number of hydrogen-bond donors (Lipinski definition) is 0. The monoisotopic (exact) mass is 728 g/mol. The molecular formula is C42H42Cl2O7. The van der Waals surface area contributed by atoms with E-state index < -0.39 is 34.3 Å². The maximum atomic E-state index is 11.6. The van der Waals surface area contributed by atoms with Gasteiger partial charge in [0.05, 0.1) is 24.9 Å². The number of ether oxygens (including phenoxy) is 2. The van der Waals surface area contributed by atoms with E-state index in [-0.39, 0.29) is 18.3 Å².